The first-order valence-electron chi connectivity index (χ1n) is 4.45. The van der Waals surface area contributed by atoms with Gasteiger partial charge in [0.05, 0.1) is 0 Å². The minimum Gasteiger partial charge on any atom is -0.313 e. The van der Waals surface area contributed by atoms with E-state index >= 15 is 0 Å². The summed E-state index contributed by atoms with van der Waals surface area (Å²) in [6.45, 7) is 7.47. The average molecular weight is 186 g/mol. The number of amides is 3. The molecule has 0 radical (unpaired) electrons. The van der Waals surface area contributed by atoms with Crippen LogP contribution in [0, 0.1) is 0 Å². The minimum absolute atomic E-state index is 0.148. The Morgan fingerprint density at radius 2 is 1.46 bits per heavy atom. The second-order valence-electron chi connectivity index (χ2n) is 3.26. The molecule has 13 heavy (non-hydrogen) atoms. The number of rotatable bonds is 0. The van der Waals surface area contributed by atoms with E-state index in [1.54, 1.807) is 20.9 Å². The van der Waals surface area contributed by atoms with E-state index in [4.69, 9.17) is 0 Å². The lowest BCUT2D eigenvalue weighted by Gasteiger charge is -2.22. The molecule has 0 bridgehead atoms. The van der Waals surface area contributed by atoms with Crippen molar-refractivity contribution in [2.75, 3.05) is 14.1 Å². The summed E-state index contributed by atoms with van der Waals surface area (Å²) in [5, 5.41) is 0. The van der Waals surface area contributed by atoms with Crippen LogP contribution in [0.15, 0.2) is 0 Å². The third kappa shape index (κ3) is 1.66. The highest BCUT2D eigenvalue weighted by atomic mass is 16.2. The Hall–Kier alpha value is -1.06. The first kappa shape index (κ1) is 11.9. The molecule has 1 aliphatic heterocycles. The average Bonchev–Trinajstić information content (AvgIpc) is 2.25. The second-order valence-corrected chi connectivity index (χ2v) is 3.26. The number of hydrogen-bond donors (Lipinski definition) is 0. The van der Waals surface area contributed by atoms with Crippen LogP contribution >= 0.6 is 0 Å². The Labute approximate surface area is 79.5 Å². The maximum atomic E-state index is 11.3. The van der Waals surface area contributed by atoms with Gasteiger partial charge in [0.1, 0.15) is 5.54 Å². The SMILES string of the molecule is CC.CN1C(=O)N(C)C(C)(C)C1=O. The zero-order valence-electron chi connectivity index (χ0n) is 9.21. The molecule has 0 unspecified atom stereocenters. The van der Waals surface area contributed by atoms with Gasteiger partial charge in [0.15, 0.2) is 0 Å². The maximum absolute atomic E-state index is 11.3. The molecule has 3 amide bonds. The van der Waals surface area contributed by atoms with Crippen molar-refractivity contribution in [2.24, 2.45) is 0 Å². The molecule has 1 saturated heterocycles. The van der Waals surface area contributed by atoms with Crippen molar-refractivity contribution in [1.29, 1.82) is 0 Å². The Morgan fingerprint density at radius 1 is 1.08 bits per heavy atom. The lowest BCUT2D eigenvalue weighted by atomic mass is 10.1. The van der Waals surface area contributed by atoms with Crippen molar-refractivity contribution in [3.63, 3.8) is 0 Å². The van der Waals surface area contributed by atoms with E-state index in [1.165, 1.54) is 11.9 Å². The summed E-state index contributed by atoms with van der Waals surface area (Å²) in [6.07, 6.45) is 0. The molecule has 0 aromatic heterocycles. The molecule has 0 saturated carbocycles. The molecule has 0 aliphatic carbocycles. The summed E-state index contributed by atoms with van der Waals surface area (Å²) >= 11 is 0. The van der Waals surface area contributed by atoms with E-state index in [2.05, 4.69) is 0 Å². The molecule has 0 atom stereocenters. The van der Waals surface area contributed by atoms with Crippen molar-refractivity contribution in [1.82, 2.24) is 9.80 Å². The number of urea groups is 1. The predicted molar refractivity (Wildman–Crippen MR) is 51.4 cm³/mol. The Kier molecular flexibility index (Phi) is 3.46. The zero-order chi connectivity index (χ0) is 10.8. The van der Waals surface area contributed by atoms with Crippen LogP contribution in [0.5, 0.6) is 0 Å². The van der Waals surface area contributed by atoms with E-state index in [9.17, 15) is 9.59 Å². The molecule has 1 fully saturated rings. The molecule has 0 N–H and O–H groups in total. The van der Waals surface area contributed by atoms with E-state index in [0.29, 0.717) is 0 Å². The summed E-state index contributed by atoms with van der Waals surface area (Å²) in [5.41, 5.74) is -0.675. The van der Waals surface area contributed by atoms with Crippen molar-refractivity contribution >= 4 is 11.9 Å². The molecule has 0 aromatic carbocycles. The fourth-order valence-electron chi connectivity index (χ4n) is 1.10. The molecule has 1 heterocycles. The number of likely N-dealkylation sites (N-methyl/N-ethyl adjacent to an activating group) is 2. The van der Waals surface area contributed by atoms with E-state index in [-0.39, 0.29) is 11.9 Å². The number of carbonyl (C=O) groups is 2. The smallest absolute Gasteiger partial charge is 0.313 e. The molecular weight excluding hydrogens is 168 g/mol. The molecule has 4 heteroatoms. The van der Waals surface area contributed by atoms with Gasteiger partial charge < -0.3 is 4.90 Å². The number of nitrogens with zero attached hydrogens (tertiary/aromatic N) is 2. The minimum atomic E-state index is -0.675. The third-order valence-corrected chi connectivity index (χ3v) is 2.24. The summed E-state index contributed by atoms with van der Waals surface area (Å²) < 4.78 is 0. The molecule has 76 valence electrons. The highest BCUT2D eigenvalue weighted by molar-refractivity contribution is 6.06. The van der Waals surface area contributed by atoms with Gasteiger partial charge in [-0.1, -0.05) is 13.8 Å². The maximum Gasteiger partial charge on any atom is 0.327 e. The van der Waals surface area contributed by atoms with Gasteiger partial charge in [0.25, 0.3) is 5.91 Å². The first-order valence-corrected chi connectivity index (χ1v) is 4.45. The number of carbonyl (C=O) groups excluding carboxylic acids is 2. The van der Waals surface area contributed by atoms with Crippen LogP contribution in [-0.2, 0) is 4.79 Å². The van der Waals surface area contributed by atoms with Gasteiger partial charge in [-0.3, -0.25) is 9.69 Å². The number of imide groups is 1. The lowest BCUT2D eigenvalue weighted by Crippen LogP contribution is -2.41. The third-order valence-electron chi connectivity index (χ3n) is 2.24. The summed E-state index contributed by atoms with van der Waals surface area (Å²) in [5.74, 6) is -0.148. The highest BCUT2D eigenvalue weighted by Crippen LogP contribution is 2.23. The molecule has 0 aromatic rings. The van der Waals surface area contributed by atoms with Gasteiger partial charge in [-0.15, -0.1) is 0 Å². The number of hydrogen-bond acceptors (Lipinski definition) is 2. The molecule has 1 rings (SSSR count). The molecule has 0 spiro atoms. The van der Waals surface area contributed by atoms with Crippen molar-refractivity contribution in [3.8, 4) is 0 Å². The van der Waals surface area contributed by atoms with Gasteiger partial charge in [-0.25, -0.2) is 4.79 Å². The van der Waals surface area contributed by atoms with Crippen molar-refractivity contribution in [2.45, 2.75) is 33.2 Å². The van der Waals surface area contributed by atoms with Crippen LogP contribution in [0.2, 0.25) is 0 Å². The van der Waals surface area contributed by atoms with Gasteiger partial charge >= 0.3 is 6.03 Å². The fraction of sp³-hybridized carbons (Fsp3) is 0.778. The Morgan fingerprint density at radius 3 is 1.54 bits per heavy atom. The van der Waals surface area contributed by atoms with Crippen LogP contribution in [-0.4, -0.2) is 41.4 Å². The summed E-state index contributed by atoms with van der Waals surface area (Å²) in [6, 6.07) is -0.236. The van der Waals surface area contributed by atoms with E-state index in [0.717, 1.165) is 4.90 Å². The van der Waals surface area contributed by atoms with Crippen molar-refractivity contribution in [3.05, 3.63) is 0 Å². The fourth-order valence-corrected chi connectivity index (χ4v) is 1.10. The van der Waals surface area contributed by atoms with Crippen LogP contribution < -0.4 is 0 Å². The quantitative estimate of drug-likeness (QED) is 0.535. The van der Waals surface area contributed by atoms with Crippen LogP contribution in [0.1, 0.15) is 27.7 Å². The van der Waals surface area contributed by atoms with Crippen LogP contribution in [0.4, 0.5) is 4.79 Å². The summed E-state index contributed by atoms with van der Waals surface area (Å²) in [7, 11) is 3.12. The topological polar surface area (TPSA) is 40.6 Å². The predicted octanol–water partition coefficient (Wildman–Crippen LogP) is 1.31. The van der Waals surface area contributed by atoms with Gasteiger partial charge in [-0.05, 0) is 13.8 Å². The van der Waals surface area contributed by atoms with Crippen LogP contribution in [0.3, 0.4) is 0 Å². The Balaban J connectivity index is 0.000000671. The van der Waals surface area contributed by atoms with Gasteiger partial charge in [0, 0.05) is 14.1 Å². The molecule has 4 nitrogen and oxygen atoms in total. The molecule has 1 aliphatic rings. The standard InChI is InChI=1S/C7H12N2O2.C2H6/c1-7(2)5(10)8(3)6(11)9(7)4;1-2/h1-4H3;1-2H3. The monoisotopic (exact) mass is 186 g/mol. The van der Waals surface area contributed by atoms with E-state index < -0.39 is 5.54 Å². The lowest BCUT2D eigenvalue weighted by molar-refractivity contribution is -0.130. The first-order chi connectivity index (χ1) is 5.89. The van der Waals surface area contributed by atoms with Crippen molar-refractivity contribution < 1.29 is 9.59 Å². The van der Waals surface area contributed by atoms with Gasteiger partial charge in [-0.2, -0.15) is 0 Å². The zero-order valence-corrected chi connectivity index (χ0v) is 9.21. The second kappa shape index (κ2) is 3.77. The van der Waals surface area contributed by atoms with Crippen LogP contribution in [0.25, 0.3) is 0 Å². The largest absolute Gasteiger partial charge is 0.327 e. The van der Waals surface area contributed by atoms with E-state index in [1.807, 2.05) is 13.8 Å². The Bertz CT molecular complexity index is 224. The highest BCUT2D eigenvalue weighted by Gasteiger charge is 2.47. The molecular formula is C9H18N2O2. The van der Waals surface area contributed by atoms with Gasteiger partial charge in [0.2, 0.25) is 0 Å². The summed E-state index contributed by atoms with van der Waals surface area (Å²) in [4.78, 5) is 25.1. The normalized spacial score (nSPS) is 20.2.